The third-order valence-corrected chi connectivity index (χ3v) is 2.81. The Bertz CT molecular complexity index is 597. The number of hydrogen-bond acceptors (Lipinski definition) is 3. The van der Waals surface area contributed by atoms with Crippen molar-refractivity contribution in [1.29, 1.82) is 0 Å². The lowest BCUT2D eigenvalue weighted by Crippen LogP contribution is -2.45. The molecule has 20 heavy (non-hydrogen) atoms. The summed E-state index contributed by atoms with van der Waals surface area (Å²) < 4.78 is 1.71. The van der Waals surface area contributed by atoms with Gasteiger partial charge in [-0.3, -0.25) is 4.79 Å². The molecule has 0 aliphatic heterocycles. The van der Waals surface area contributed by atoms with Gasteiger partial charge in [0.1, 0.15) is 6.21 Å². The average molecular weight is 270 g/mol. The Balaban J connectivity index is 1.95. The lowest BCUT2D eigenvalue weighted by atomic mass is 10.2. The summed E-state index contributed by atoms with van der Waals surface area (Å²) in [4.78, 5) is 11.9. The highest BCUT2D eigenvalue weighted by Crippen LogP contribution is 1.97. The summed E-state index contributed by atoms with van der Waals surface area (Å²) in [6.07, 6.45) is 3.06. The highest BCUT2D eigenvalue weighted by Gasteiger charge is 2.12. The van der Waals surface area contributed by atoms with Crippen LogP contribution in [-0.2, 0) is 17.9 Å². The first-order valence-electron chi connectivity index (χ1n) is 6.26. The fourth-order valence-electron chi connectivity index (χ4n) is 1.82. The Morgan fingerprint density at radius 2 is 1.95 bits per heavy atom. The molecular formula is C15H16N3O2+. The Morgan fingerprint density at radius 1 is 1.20 bits per heavy atom. The number of nitrogens with one attached hydrogen (secondary N) is 1. The standard InChI is InChI=1S/C15H15N3O2/c19-15(16-10-13-6-2-1-3-7-13)12-18-9-5-4-8-14(18)11-17-20/h1-9,11H,10,12H2,(H,16,19)/p+1. The highest BCUT2D eigenvalue weighted by molar-refractivity contribution is 5.76. The summed E-state index contributed by atoms with van der Waals surface area (Å²) in [6.45, 7) is 0.672. The molecule has 0 fully saturated rings. The molecular weight excluding hydrogens is 254 g/mol. The van der Waals surface area contributed by atoms with Gasteiger partial charge < -0.3 is 10.5 Å². The number of carbonyl (C=O) groups is 1. The first kappa shape index (κ1) is 13.7. The van der Waals surface area contributed by atoms with Crippen LogP contribution < -0.4 is 9.88 Å². The number of benzene rings is 1. The summed E-state index contributed by atoms with van der Waals surface area (Å²) in [5.74, 6) is -0.0994. The second-order valence-electron chi connectivity index (χ2n) is 4.26. The van der Waals surface area contributed by atoms with Crippen LogP contribution in [0, 0.1) is 0 Å². The number of pyridine rings is 1. The van der Waals surface area contributed by atoms with Crippen LogP contribution >= 0.6 is 0 Å². The molecule has 0 saturated carbocycles. The van der Waals surface area contributed by atoms with Crippen molar-refractivity contribution in [3.63, 3.8) is 0 Å². The number of rotatable bonds is 5. The predicted molar refractivity (Wildman–Crippen MR) is 74.3 cm³/mol. The zero-order chi connectivity index (χ0) is 14.2. The van der Waals surface area contributed by atoms with Gasteiger partial charge in [-0.15, -0.1) is 0 Å². The maximum atomic E-state index is 11.9. The highest BCUT2D eigenvalue weighted by atomic mass is 16.4. The maximum absolute atomic E-state index is 11.9. The van der Waals surface area contributed by atoms with Crippen LogP contribution in [-0.4, -0.2) is 17.3 Å². The van der Waals surface area contributed by atoms with Gasteiger partial charge in [0.15, 0.2) is 6.20 Å². The Morgan fingerprint density at radius 3 is 2.70 bits per heavy atom. The molecule has 2 N–H and O–H groups in total. The SMILES string of the molecule is O=C(C[n+]1ccccc1/C=N\O)NCc1ccccc1. The summed E-state index contributed by atoms with van der Waals surface area (Å²) in [6, 6.07) is 15.1. The lowest BCUT2D eigenvalue weighted by Gasteiger charge is -2.04. The van der Waals surface area contributed by atoms with Crippen LogP contribution in [0.3, 0.4) is 0 Å². The van der Waals surface area contributed by atoms with Crippen molar-refractivity contribution >= 4 is 12.1 Å². The third kappa shape index (κ3) is 3.91. The molecule has 0 aliphatic carbocycles. The number of aromatic nitrogens is 1. The molecule has 0 unspecified atom stereocenters. The first-order valence-corrected chi connectivity index (χ1v) is 6.26. The molecule has 5 nitrogen and oxygen atoms in total. The van der Waals surface area contributed by atoms with Gasteiger partial charge in [0.2, 0.25) is 12.2 Å². The fraction of sp³-hybridized carbons (Fsp3) is 0.133. The van der Waals surface area contributed by atoms with E-state index in [2.05, 4.69) is 10.5 Å². The molecule has 0 atom stereocenters. The van der Waals surface area contributed by atoms with Crippen molar-refractivity contribution in [1.82, 2.24) is 5.32 Å². The zero-order valence-corrected chi connectivity index (χ0v) is 10.9. The van der Waals surface area contributed by atoms with Gasteiger partial charge in [-0.05, 0) is 11.6 Å². The summed E-state index contributed by atoms with van der Waals surface area (Å²) in [5.41, 5.74) is 1.71. The molecule has 1 amide bonds. The summed E-state index contributed by atoms with van der Waals surface area (Å²) in [7, 11) is 0. The second-order valence-corrected chi connectivity index (χ2v) is 4.26. The molecule has 2 rings (SSSR count). The van der Waals surface area contributed by atoms with E-state index in [0.29, 0.717) is 12.2 Å². The number of hydrogen-bond donors (Lipinski definition) is 2. The number of amides is 1. The molecule has 2 aromatic rings. The van der Waals surface area contributed by atoms with E-state index >= 15 is 0 Å². The minimum Gasteiger partial charge on any atom is -0.411 e. The van der Waals surface area contributed by atoms with Crippen molar-refractivity contribution in [3.05, 3.63) is 66.0 Å². The molecule has 1 heterocycles. The fourth-order valence-corrected chi connectivity index (χ4v) is 1.82. The second kappa shape index (κ2) is 7.04. The first-order chi connectivity index (χ1) is 9.79. The van der Waals surface area contributed by atoms with Gasteiger partial charge in [-0.1, -0.05) is 35.5 Å². The lowest BCUT2D eigenvalue weighted by molar-refractivity contribution is -0.685. The summed E-state index contributed by atoms with van der Waals surface area (Å²) in [5, 5.41) is 14.4. The van der Waals surface area contributed by atoms with Crippen molar-refractivity contribution in [2.24, 2.45) is 5.16 Å². The van der Waals surface area contributed by atoms with Crippen molar-refractivity contribution < 1.29 is 14.6 Å². The van der Waals surface area contributed by atoms with E-state index < -0.39 is 0 Å². The molecule has 0 aliphatic rings. The van der Waals surface area contributed by atoms with E-state index in [1.165, 1.54) is 6.21 Å². The molecule has 0 saturated heterocycles. The molecule has 5 heteroatoms. The van der Waals surface area contributed by atoms with Crippen molar-refractivity contribution in [2.75, 3.05) is 0 Å². The Labute approximate surface area is 117 Å². The monoisotopic (exact) mass is 270 g/mol. The van der Waals surface area contributed by atoms with Crippen LogP contribution in [0.5, 0.6) is 0 Å². The minimum atomic E-state index is -0.0994. The maximum Gasteiger partial charge on any atom is 0.286 e. The van der Waals surface area contributed by atoms with Crippen molar-refractivity contribution in [2.45, 2.75) is 13.1 Å². The number of carbonyl (C=O) groups excluding carboxylic acids is 1. The van der Waals surface area contributed by atoms with Crippen LogP contribution in [0.15, 0.2) is 59.9 Å². The van der Waals surface area contributed by atoms with Gasteiger partial charge in [0, 0.05) is 18.7 Å². The molecule has 0 radical (unpaired) electrons. The van der Waals surface area contributed by atoms with Crippen LogP contribution in [0.1, 0.15) is 11.3 Å². The predicted octanol–water partition coefficient (Wildman–Crippen LogP) is 1.10. The molecule has 1 aromatic heterocycles. The Kier molecular flexibility index (Phi) is 4.83. The largest absolute Gasteiger partial charge is 0.411 e. The van der Waals surface area contributed by atoms with Gasteiger partial charge in [0.25, 0.3) is 5.91 Å². The van der Waals surface area contributed by atoms with Crippen LogP contribution in [0.4, 0.5) is 0 Å². The van der Waals surface area contributed by atoms with E-state index in [0.717, 1.165) is 5.56 Å². The van der Waals surface area contributed by atoms with Crippen LogP contribution in [0.25, 0.3) is 0 Å². The van der Waals surface area contributed by atoms with Gasteiger partial charge in [-0.2, -0.15) is 4.57 Å². The summed E-state index contributed by atoms with van der Waals surface area (Å²) >= 11 is 0. The smallest absolute Gasteiger partial charge is 0.286 e. The topological polar surface area (TPSA) is 65.6 Å². The van der Waals surface area contributed by atoms with Crippen molar-refractivity contribution in [3.8, 4) is 0 Å². The molecule has 102 valence electrons. The molecule has 0 bridgehead atoms. The average Bonchev–Trinajstić information content (AvgIpc) is 2.49. The van der Waals surface area contributed by atoms with E-state index in [4.69, 9.17) is 5.21 Å². The normalized spacial score (nSPS) is 10.6. The molecule has 1 aromatic carbocycles. The van der Waals surface area contributed by atoms with Gasteiger partial charge in [0.05, 0.1) is 0 Å². The quantitative estimate of drug-likeness (QED) is 0.370. The van der Waals surface area contributed by atoms with E-state index in [1.54, 1.807) is 16.8 Å². The third-order valence-electron chi connectivity index (χ3n) is 2.81. The van der Waals surface area contributed by atoms with Crippen LogP contribution in [0.2, 0.25) is 0 Å². The number of oxime groups is 1. The van der Waals surface area contributed by atoms with Gasteiger partial charge in [-0.25, -0.2) is 0 Å². The minimum absolute atomic E-state index is 0.0994. The molecule has 0 spiro atoms. The number of nitrogens with zero attached hydrogens (tertiary/aromatic N) is 2. The van der Waals surface area contributed by atoms with E-state index in [9.17, 15) is 4.79 Å². The van der Waals surface area contributed by atoms with Gasteiger partial charge >= 0.3 is 0 Å². The zero-order valence-electron chi connectivity index (χ0n) is 10.9. The van der Waals surface area contributed by atoms with E-state index in [-0.39, 0.29) is 12.5 Å². The Hall–Kier alpha value is -2.69. The van der Waals surface area contributed by atoms with E-state index in [1.807, 2.05) is 42.5 Å².